The first kappa shape index (κ1) is 17.2. The SMILES string of the molecule is COC(=O)C(NC(=O)OCc1ccccc1)C(=O)c1ccccc1. The van der Waals surface area contributed by atoms with E-state index in [1.807, 2.05) is 18.2 Å². The molecule has 0 fully saturated rings. The molecule has 1 atom stereocenters. The normalized spacial score (nSPS) is 11.2. The van der Waals surface area contributed by atoms with Crippen LogP contribution in [0.4, 0.5) is 4.79 Å². The van der Waals surface area contributed by atoms with Gasteiger partial charge in [-0.05, 0) is 5.56 Å². The zero-order valence-electron chi connectivity index (χ0n) is 13.1. The zero-order valence-corrected chi connectivity index (χ0v) is 13.1. The lowest BCUT2D eigenvalue weighted by Crippen LogP contribution is -2.47. The molecule has 0 heterocycles. The van der Waals surface area contributed by atoms with E-state index >= 15 is 0 Å². The minimum absolute atomic E-state index is 0.0279. The molecule has 2 rings (SSSR count). The molecule has 0 aromatic heterocycles. The lowest BCUT2D eigenvalue weighted by Gasteiger charge is -2.15. The number of methoxy groups -OCH3 is 1. The second-order valence-corrected chi connectivity index (χ2v) is 4.89. The topological polar surface area (TPSA) is 81.7 Å². The van der Waals surface area contributed by atoms with Gasteiger partial charge in [0, 0.05) is 5.56 Å². The maximum Gasteiger partial charge on any atom is 0.408 e. The Kier molecular flexibility index (Phi) is 6.08. The fraction of sp³-hybridized carbons (Fsp3) is 0.167. The number of carbonyl (C=O) groups excluding carboxylic acids is 3. The Bertz CT molecular complexity index is 700. The predicted molar refractivity (Wildman–Crippen MR) is 86.3 cm³/mol. The van der Waals surface area contributed by atoms with E-state index in [1.54, 1.807) is 42.5 Å². The molecule has 24 heavy (non-hydrogen) atoms. The number of alkyl carbamates (subject to hydrolysis) is 1. The van der Waals surface area contributed by atoms with Gasteiger partial charge in [0.15, 0.2) is 11.8 Å². The van der Waals surface area contributed by atoms with Crippen molar-refractivity contribution in [2.75, 3.05) is 7.11 Å². The molecular weight excluding hydrogens is 310 g/mol. The van der Waals surface area contributed by atoms with Gasteiger partial charge in [-0.15, -0.1) is 0 Å². The molecule has 6 nitrogen and oxygen atoms in total. The summed E-state index contributed by atoms with van der Waals surface area (Å²) in [6.45, 7) is 0.0279. The van der Waals surface area contributed by atoms with E-state index in [1.165, 1.54) is 0 Å². The van der Waals surface area contributed by atoms with Gasteiger partial charge in [-0.1, -0.05) is 60.7 Å². The summed E-state index contributed by atoms with van der Waals surface area (Å²) >= 11 is 0. The number of ketones is 1. The molecule has 0 spiro atoms. The number of Topliss-reactive ketones (excluding diaryl/α,β-unsaturated/α-hetero) is 1. The van der Waals surface area contributed by atoms with Crippen LogP contribution >= 0.6 is 0 Å². The van der Waals surface area contributed by atoms with Crippen molar-refractivity contribution < 1.29 is 23.9 Å². The number of hydrogen-bond acceptors (Lipinski definition) is 5. The molecule has 1 N–H and O–H groups in total. The molecule has 0 aliphatic rings. The smallest absolute Gasteiger partial charge is 0.408 e. The van der Waals surface area contributed by atoms with Crippen LogP contribution in [0.3, 0.4) is 0 Å². The van der Waals surface area contributed by atoms with E-state index in [9.17, 15) is 14.4 Å². The number of ether oxygens (including phenoxy) is 2. The monoisotopic (exact) mass is 327 g/mol. The van der Waals surface area contributed by atoms with E-state index in [0.717, 1.165) is 12.7 Å². The average Bonchev–Trinajstić information content (AvgIpc) is 2.65. The quantitative estimate of drug-likeness (QED) is 0.500. The Morgan fingerprint density at radius 1 is 0.958 bits per heavy atom. The molecule has 0 saturated carbocycles. The number of nitrogens with one attached hydrogen (secondary N) is 1. The third-order valence-electron chi connectivity index (χ3n) is 3.23. The summed E-state index contributed by atoms with van der Waals surface area (Å²) < 4.78 is 9.62. The number of rotatable bonds is 6. The summed E-state index contributed by atoms with van der Waals surface area (Å²) in [4.78, 5) is 36.1. The first-order chi connectivity index (χ1) is 11.6. The zero-order chi connectivity index (χ0) is 17.4. The van der Waals surface area contributed by atoms with Crippen molar-refractivity contribution >= 4 is 17.8 Å². The van der Waals surface area contributed by atoms with E-state index in [2.05, 4.69) is 10.1 Å². The molecule has 1 amide bonds. The van der Waals surface area contributed by atoms with E-state index in [4.69, 9.17) is 4.74 Å². The van der Waals surface area contributed by atoms with Crippen molar-refractivity contribution in [2.24, 2.45) is 0 Å². The van der Waals surface area contributed by atoms with Crippen molar-refractivity contribution in [3.63, 3.8) is 0 Å². The van der Waals surface area contributed by atoms with Crippen LogP contribution in [0.2, 0.25) is 0 Å². The molecule has 0 saturated heterocycles. The summed E-state index contributed by atoms with van der Waals surface area (Å²) in [6, 6.07) is 15.8. The maximum atomic E-state index is 12.4. The average molecular weight is 327 g/mol. The molecule has 0 aliphatic carbocycles. The predicted octanol–water partition coefficient (Wildman–Crippen LogP) is 2.34. The van der Waals surface area contributed by atoms with Crippen molar-refractivity contribution in [2.45, 2.75) is 12.6 Å². The number of amides is 1. The van der Waals surface area contributed by atoms with E-state index < -0.39 is 23.9 Å². The standard InChI is InChI=1S/C18H17NO5/c1-23-17(21)15(16(20)14-10-6-3-7-11-14)19-18(22)24-12-13-8-4-2-5-9-13/h2-11,15H,12H2,1H3,(H,19,22). The number of benzene rings is 2. The first-order valence-corrected chi connectivity index (χ1v) is 7.26. The molecule has 6 heteroatoms. The largest absolute Gasteiger partial charge is 0.467 e. The van der Waals surface area contributed by atoms with Gasteiger partial charge < -0.3 is 14.8 Å². The summed E-state index contributed by atoms with van der Waals surface area (Å²) in [5.41, 5.74) is 1.08. The molecule has 1 unspecified atom stereocenters. The minimum Gasteiger partial charge on any atom is -0.467 e. The van der Waals surface area contributed by atoms with Crippen LogP contribution in [0.15, 0.2) is 60.7 Å². The van der Waals surface area contributed by atoms with E-state index in [0.29, 0.717) is 0 Å². The van der Waals surface area contributed by atoms with Crippen molar-refractivity contribution in [1.82, 2.24) is 5.32 Å². The van der Waals surface area contributed by atoms with E-state index in [-0.39, 0.29) is 12.2 Å². The maximum absolute atomic E-state index is 12.4. The first-order valence-electron chi connectivity index (χ1n) is 7.26. The fourth-order valence-corrected chi connectivity index (χ4v) is 2.00. The van der Waals surface area contributed by atoms with Crippen LogP contribution in [0.1, 0.15) is 15.9 Å². The summed E-state index contributed by atoms with van der Waals surface area (Å²) in [6.07, 6.45) is -0.876. The van der Waals surface area contributed by atoms with Crippen molar-refractivity contribution in [1.29, 1.82) is 0 Å². The van der Waals surface area contributed by atoms with Gasteiger partial charge in [0.25, 0.3) is 0 Å². The van der Waals surface area contributed by atoms with Gasteiger partial charge in [-0.3, -0.25) is 4.79 Å². The molecule has 2 aromatic rings. The van der Waals surface area contributed by atoms with Crippen LogP contribution in [-0.4, -0.2) is 31.0 Å². The Morgan fingerprint density at radius 3 is 2.12 bits per heavy atom. The summed E-state index contributed by atoms with van der Waals surface area (Å²) in [5.74, 6) is -1.43. The van der Waals surface area contributed by atoms with Crippen molar-refractivity contribution in [3.8, 4) is 0 Å². The molecule has 0 bridgehead atoms. The Morgan fingerprint density at radius 2 is 1.54 bits per heavy atom. The highest BCUT2D eigenvalue weighted by atomic mass is 16.6. The molecule has 0 radical (unpaired) electrons. The van der Waals surface area contributed by atoms with Gasteiger partial charge in [0.2, 0.25) is 0 Å². The Balaban J connectivity index is 2.02. The van der Waals surface area contributed by atoms with Gasteiger partial charge in [0.05, 0.1) is 7.11 Å². The highest BCUT2D eigenvalue weighted by molar-refractivity contribution is 6.13. The molecular formula is C18H17NO5. The molecule has 124 valence electrons. The number of esters is 1. The second kappa shape index (κ2) is 8.47. The van der Waals surface area contributed by atoms with Crippen LogP contribution in [0.5, 0.6) is 0 Å². The van der Waals surface area contributed by atoms with Crippen LogP contribution in [0.25, 0.3) is 0 Å². The summed E-state index contributed by atoms with van der Waals surface area (Å²) in [5, 5.41) is 2.25. The number of hydrogen-bond donors (Lipinski definition) is 1. The molecule has 0 aliphatic heterocycles. The van der Waals surface area contributed by atoms with Gasteiger partial charge >= 0.3 is 12.1 Å². The third kappa shape index (κ3) is 4.67. The highest BCUT2D eigenvalue weighted by Gasteiger charge is 2.30. The summed E-state index contributed by atoms with van der Waals surface area (Å²) in [7, 11) is 1.14. The van der Waals surface area contributed by atoms with Crippen LogP contribution in [-0.2, 0) is 20.9 Å². The Labute approximate surface area is 139 Å². The van der Waals surface area contributed by atoms with Gasteiger partial charge in [0.1, 0.15) is 6.61 Å². The lowest BCUT2D eigenvalue weighted by atomic mass is 10.0. The minimum atomic E-state index is -1.46. The third-order valence-corrected chi connectivity index (χ3v) is 3.23. The molecule has 2 aromatic carbocycles. The lowest BCUT2D eigenvalue weighted by molar-refractivity contribution is -0.141. The van der Waals surface area contributed by atoms with Gasteiger partial charge in [-0.25, -0.2) is 9.59 Å². The second-order valence-electron chi connectivity index (χ2n) is 4.89. The van der Waals surface area contributed by atoms with Crippen LogP contribution < -0.4 is 5.32 Å². The van der Waals surface area contributed by atoms with Crippen LogP contribution in [0, 0.1) is 0 Å². The Hall–Kier alpha value is -3.15. The number of carbonyl (C=O) groups is 3. The van der Waals surface area contributed by atoms with Crippen molar-refractivity contribution in [3.05, 3.63) is 71.8 Å². The van der Waals surface area contributed by atoms with Gasteiger partial charge in [-0.2, -0.15) is 0 Å². The fourth-order valence-electron chi connectivity index (χ4n) is 2.00. The highest BCUT2D eigenvalue weighted by Crippen LogP contribution is 2.06.